The minimum absolute atomic E-state index is 0.0734. The molecule has 1 aromatic heterocycles. The summed E-state index contributed by atoms with van der Waals surface area (Å²) in [4.78, 5) is 7.00. The zero-order valence-corrected chi connectivity index (χ0v) is 13.2. The van der Waals surface area contributed by atoms with Crippen LogP contribution in [0.3, 0.4) is 0 Å². The largest absolute Gasteiger partial charge is 0.332 e. The van der Waals surface area contributed by atoms with Gasteiger partial charge in [0, 0.05) is 25.0 Å². The van der Waals surface area contributed by atoms with E-state index in [9.17, 15) is 8.42 Å². The van der Waals surface area contributed by atoms with E-state index in [1.165, 1.54) is 6.20 Å². The smallest absolute Gasteiger partial charge is 0.260 e. The molecule has 0 saturated carbocycles. The van der Waals surface area contributed by atoms with Gasteiger partial charge in [-0.25, -0.2) is 13.4 Å². The third kappa shape index (κ3) is 3.21. The third-order valence-electron chi connectivity index (χ3n) is 3.67. The van der Waals surface area contributed by atoms with E-state index in [2.05, 4.69) is 15.3 Å². The Hall–Kier alpha value is -0.920. The Morgan fingerprint density at radius 2 is 2.25 bits per heavy atom. The van der Waals surface area contributed by atoms with E-state index < -0.39 is 10.0 Å². The predicted molar refractivity (Wildman–Crippen MR) is 78.0 cm³/mol. The molecule has 1 aromatic rings. The van der Waals surface area contributed by atoms with Crippen molar-refractivity contribution in [3.8, 4) is 0 Å². The highest BCUT2D eigenvalue weighted by molar-refractivity contribution is 7.89. The van der Waals surface area contributed by atoms with Crippen LogP contribution < -0.4 is 5.32 Å². The van der Waals surface area contributed by atoms with Gasteiger partial charge >= 0.3 is 0 Å². The quantitative estimate of drug-likeness (QED) is 0.825. The summed E-state index contributed by atoms with van der Waals surface area (Å²) >= 11 is 0. The van der Waals surface area contributed by atoms with Gasteiger partial charge in [-0.3, -0.25) is 0 Å². The molecule has 6 nitrogen and oxygen atoms in total. The molecule has 0 bridgehead atoms. The summed E-state index contributed by atoms with van der Waals surface area (Å²) in [5.74, 6) is 0.700. The maximum absolute atomic E-state index is 12.7. The molecule has 114 valence electrons. The average molecular weight is 300 g/mol. The molecule has 20 heavy (non-hydrogen) atoms. The number of H-pyrrole nitrogens is 1. The molecule has 0 radical (unpaired) electrons. The minimum atomic E-state index is -3.50. The first-order valence-corrected chi connectivity index (χ1v) is 8.68. The van der Waals surface area contributed by atoms with Crippen molar-refractivity contribution in [3.63, 3.8) is 0 Å². The molecule has 2 rings (SSSR count). The normalized spacial score (nSPS) is 20.1. The number of rotatable bonds is 6. The lowest BCUT2D eigenvalue weighted by Crippen LogP contribution is -2.44. The Labute approximate surface area is 121 Å². The summed E-state index contributed by atoms with van der Waals surface area (Å²) in [6.07, 6.45) is 4.26. The molecule has 7 heteroatoms. The number of hydrogen-bond donors (Lipinski definition) is 2. The zero-order chi connectivity index (χ0) is 14.8. The molecule has 0 aromatic carbocycles. The number of sulfonamides is 1. The third-order valence-corrected chi connectivity index (χ3v) is 5.62. The van der Waals surface area contributed by atoms with Gasteiger partial charge in [0.25, 0.3) is 10.0 Å². The van der Waals surface area contributed by atoms with Crippen LogP contribution in [0.25, 0.3) is 0 Å². The number of imidazole rings is 1. The van der Waals surface area contributed by atoms with Crippen molar-refractivity contribution in [1.82, 2.24) is 19.6 Å². The van der Waals surface area contributed by atoms with Crippen LogP contribution in [0.1, 0.15) is 39.4 Å². The van der Waals surface area contributed by atoms with Crippen molar-refractivity contribution in [2.24, 2.45) is 0 Å². The van der Waals surface area contributed by atoms with Gasteiger partial charge in [-0.1, -0.05) is 6.92 Å². The maximum atomic E-state index is 12.7. The van der Waals surface area contributed by atoms with Crippen molar-refractivity contribution in [2.45, 2.75) is 57.1 Å². The highest BCUT2D eigenvalue weighted by Crippen LogP contribution is 2.19. The van der Waals surface area contributed by atoms with Crippen molar-refractivity contribution in [3.05, 3.63) is 12.0 Å². The second kappa shape index (κ2) is 6.24. The van der Waals surface area contributed by atoms with E-state index in [-0.39, 0.29) is 17.1 Å². The maximum Gasteiger partial charge on any atom is 0.260 e. The van der Waals surface area contributed by atoms with E-state index in [1.807, 2.05) is 20.8 Å². The van der Waals surface area contributed by atoms with Crippen LogP contribution >= 0.6 is 0 Å². The van der Waals surface area contributed by atoms with Crippen LogP contribution in [0.2, 0.25) is 0 Å². The Kier molecular flexibility index (Phi) is 4.82. The van der Waals surface area contributed by atoms with E-state index in [4.69, 9.17) is 0 Å². The van der Waals surface area contributed by atoms with Crippen molar-refractivity contribution in [1.29, 1.82) is 0 Å². The minimum Gasteiger partial charge on any atom is -0.332 e. The Balaban J connectivity index is 2.22. The molecule has 2 N–H and O–H groups in total. The fourth-order valence-corrected chi connectivity index (χ4v) is 4.11. The summed E-state index contributed by atoms with van der Waals surface area (Å²) in [6.45, 7) is 7.24. The topological polar surface area (TPSA) is 78.1 Å². The van der Waals surface area contributed by atoms with Gasteiger partial charge < -0.3 is 10.3 Å². The fraction of sp³-hybridized carbons (Fsp3) is 0.769. The summed E-state index contributed by atoms with van der Waals surface area (Å²) in [7, 11) is -3.50. The first kappa shape index (κ1) is 15.5. The van der Waals surface area contributed by atoms with Crippen LogP contribution in [-0.2, 0) is 16.4 Å². The molecule has 0 aliphatic carbocycles. The van der Waals surface area contributed by atoms with Crippen LogP contribution in [0.5, 0.6) is 0 Å². The SMILES string of the molecule is CCc1ncc(S(=O)(=O)N(CC2CCCN2)C(C)C)[nH]1. The Bertz CT molecular complexity index is 532. The standard InChI is InChI=1S/C13H24N4O2S/c1-4-12-15-8-13(16-12)20(18,19)17(10(2)3)9-11-6-5-7-14-11/h8,10-11,14H,4-7,9H2,1-3H3,(H,15,16). The van der Waals surface area contributed by atoms with Gasteiger partial charge in [0.15, 0.2) is 5.03 Å². The lowest BCUT2D eigenvalue weighted by atomic mass is 10.2. The average Bonchev–Trinajstić information content (AvgIpc) is 3.06. The number of nitrogens with one attached hydrogen (secondary N) is 2. The number of nitrogens with zero attached hydrogens (tertiary/aromatic N) is 2. The van der Waals surface area contributed by atoms with Crippen LogP contribution in [-0.4, -0.2) is 47.9 Å². The molecule has 0 amide bonds. The molecule has 0 spiro atoms. The highest BCUT2D eigenvalue weighted by Gasteiger charge is 2.31. The monoisotopic (exact) mass is 300 g/mol. The summed E-state index contributed by atoms with van der Waals surface area (Å²) in [6, 6.07) is 0.177. The fourth-order valence-electron chi connectivity index (χ4n) is 2.50. The Morgan fingerprint density at radius 1 is 1.50 bits per heavy atom. The van der Waals surface area contributed by atoms with E-state index >= 15 is 0 Å². The lowest BCUT2D eigenvalue weighted by molar-refractivity contribution is 0.321. The van der Waals surface area contributed by atoms with Gasteiger partial charge in [0.1, 0.15) is 5.82 Å². The summed E-state index contributed by atoms with van der Waals surface area (Å²) in [5, 5.41) is 3.55. The lowest BCUT2D eigenvalue weighted by Gasteiger charge is -2.27. The van der Waals surface area contributed by atoms with Crippen molar-refractivity contribution >= 4 is 10.0 Å². The second-order valence-electron chi connectivity index (χ2n) is 5.51. The molecule has 2 heterocycles. The molecule has 1 saturated heterocycles. The van der Waals surface area contributed by atoms with Gasteiger partial charge in [-0.05, 0) is 33.2 Å². The first-order valence-electron chi connectivity index (χ1n) is 7.24. The van der Waals surface area contributed by atoms with Crippen molar-refractivity contribution < 1.29 is 8.42 Å². The van der Waals surface area contributed by atoms with Crippen LogP contribution in [0.15, 0.2) is 11.2 Å². The van der Waals surface area contributed by atoms with Gasteiger partial charge in [0.05, 0.1) is 6.20 Å². The molecule has 1 aliphatic rings. The van der Waals surface area contributed by atoms with E-state index in [0.29, 0.717) is 18.8 Å². The van der Waals surface area contributed by atoms with Gasteiger partial charge in [-0.2, -0.15) is 4.31 Å². The second-order valence-corrected chi connectivity index (χ2v) is 7.37. The van der Waals surface area contributed by atoms with Crippen molar-refractivity contribution in [2.75, 3.05) is 13.1 Å². The summed E-state index contributed by atoms with van der Waals surface area (Å²) < 4.78 is 27.0. The van der Waals surface area contributed by atoms with Crippen LogP contribution in [0, 0.1) is 0 Å². The summed E-state index contributed by atoms with van der Waals surface area (Å²) in [5.41, 5.74) is 0. The molecular formula is C13H24N4O2S. The van der Waals surface area contributed by atoms with Gasteiger partial charge in [0.2, 0.25) is 0 Å². The molecule has 1 aliphatic heterocycles. The molecule has 1 atom stereocenters. The molecule has 1 unspecified atom stereocenters. The Morgan fingerprint density at radius 3 is 2.75 bits per heavy atom. The van der Waals surface area contributed by atoms with E-state index in [0.717, 1.165) is 19.4 Å². The number of aromatic amines is 1. The van der Waals surface area contributed by atoms with Gasteiger partial charge in [-0.15, -0.1) is 0 Å². The first-order chi connectivity index (χ1) is 9.45. The zero-order valence-electron chi connectivity index (χ0n) is 12.4. The molecular weight excluding hydrogens is 276 g/mol. The predicted octanol–water partition coefficient (Wildman–Crippen LogP) is 1.12. The van der Waals surface area contributed by atoms with Crippen LogP contribution in [0.4, 0.5) is 0 Å². The molecule has 1 fully saturated rings. The number of aryl methyl sites for hydroxylation is 1. The van der Waals surface area contributed by atoms with E-state index in [1.54, 1.807) is 4.31 Å². The number of hydrogen-bond acceptors (Lipinski definition) is 4. The highest BCUT2D eigenvalue weighted by atomic mass is 32.2. The number of aromatic nitrogens is 2.